The molecule has 484 valence electrons. The van der Waals surface area contributed by atoms with Crippen molar-refractivity contribution < 1.29 is 24.5 Å². The number of nitrogens with one attached hydrogen (secondary N) is 1. The molecule has 6 nitrogen and oxygen atoms in total. The summed E-state index contributed by atoms with van der Waals surface area (Å²) in [6.07, 6.45) is 92.4. The van der Waals surface area contributed by atoms with Gasteiger partial charge in [-0.05, 0) is 64.2 Å². The van der Waals surface area contributed by atoms with Gasteiger partial charge in [-0.1, -0.05) is 371 Å². The van der Waals surface area contributed by atoms with Crippen molar-refractivity contribution in [3.05, 3.63) is 36.5 Å². The molecule has 0 rings (SSSR count). The van der Waals surface area contributed by atoms with E-state index in [1.807, 2.05) is 6.08 Å². The number of hydrogen-bond acceptors (Lipinski definition) is 5. The first kappa shape index (κ1) is 80.1. The number of ether oxygens (including phenoxy) is 1. The van der Waals surface area contributed by atoms with Crippen molar-refractivity contribution in [3.8, 4) is 0 Å². The highest BCUT2D eigenvalue weighted by atomic mass is 16.5. The molecule has 82 heavy (non-hydrogen) atoms. The standard InChI is InChI=1S/C76H145NO5/c1-3-5-7-9-11-13-15-17-19-20-21-22-23-28-31-34-37-41-44-48-52-56-60-64-68-74(79)73(72-78)77-75(80)69-65-61-57-53-49-45-42-38-35-32-29-26-24-25-27-30-33-36-39-43-47-51-55-59-63-67-71-82-76(81)70-66-62-58-54-50-46-40-18-16-14-12-10-8-6-4-2/h12,14,18,40,64,68,73-74,78-79H,3-11,13,15-17,19-39,41-63,65-67,69-72H2,1-2H3,(H,77,80)/b14-12-,40-18-,68-64+. The Hall–Kier alpha value is -1.92. The van der Waals surface area contributed by atoms with Crippen molar-refractivity contribution in [3.63, 3.8) is 0 Å². The summed E-state index contributed by atoms with van der Waals surface area (Å²) in [5.41, 5.74) is 0. The van der Waals surface area contributed by atoms with Gasteiger partial charge >= 0.3 is 5.97 Å². The zero-order valence-electron chi connectivity index (χ0n) is 55.5. The average molecular weight is 1150 g/mol. The van der Waals surface area contributed by atoms with Gasteiger partial charge in [0.1, 0.15) is 0 Å². The minimum absolute atomic E-state index is 0.00348. The van der Waals surface area contributed by atoms with Crippen molar-refractivity contribution in [1.82, 2.24) is 5.32 Å². The molecule has 0 fully saturated rings. The summed E-state index contributed by atoms with van der Waals surface area (Å²) >= 11 is 0. The fraction of sp³-hybridized carbons (Fsp3) is 0.895. The van der Waals surface area contributed by atoms with Gasteiger partial charge in [0.2, 0.25) is 5.91 Å². The molecule has 1 amide bonds. The molecule has 2 atom stereocenters. The van der Waals surface area contributed by atoms with Gasteiger partial charge in [0.25, 0.3) is 0 Å². The molecule has 2 unspecified atom stereocenters. The smallest absolute Gasteiger partial charge is 0.305 e. The fourth-order valence-electron chi connectivity index (χ4n) is 11.7. The third-order valence-corrected chi connectivity index (χ3v) is 17.4. The molecule has 0 bridgehead atoms. The van der Waals surface area contributed by atoms with Crippen molar-refractivity contribution in [2.45, 2.75) is 424 Å². The van der Waals surface area contributed by atoms with E-state index in [0.29, 0.717) is 19.4 Å². The lowest BCUT2D eigenvalue weighted by atomic mass is 10.0. The van der Waals surface area contributed by atoms with Crippen LogP contribution in [0, 0.1) is 0 Å². The minimum atomic E-state index is -0.845. The van der Waals surface area contributed by atoms with Crippen LogP contribution in [-0.2, 0) is 14.3 Å². The lowest BCUT2D eigenvalue weighted by molar-refractivity contribution is -0.143. The molecule has 0 aliphatic carbocycles. The molecule has 0 aromatic rings. The number of amides is 1. The van der Waals surface area contributed by atoms with Gasteiger partial charge in [-0.3, -0.25) is 9.59 Å². The summed E-state index contributed by atoms with van der Waals surface area (Å²) < 4.78 is 5.49. The SMILES string of the molecule is CCCCC/C=C\C/C=C\CCCCCCCC(=O)OCCCCCCCCCCCCCCCCCCCCCCCCCCCCC(=O)NC(CO)C(O)/C=C/CCCCCCCCCCCCCCCCCCCCCCCC. The first-order valence-corrected chi connectivity index (χ1v) is 37.3. The average Bonchev–Trinajstić information content (AvgIpc) is 3.48. The molecule has 6 heteroatoms. The van der Waals surface area contributed by atoms with Crippen molar-refractivity contribution >= 4 is 11.9 Å². The number of aliphatic hydroxyl groups is 2. The zero-order chi connectivity index (χ0) is 59.2. The Kier molecular flexibility index (Phi) is 69.9. The van der Waals surface area contributed by atoms with Gasteiger partial charge in [-0.2, -0.15) is 0 Å². The monoisotopic (exact) mass is 1150 g/mol. The molecule has 0 saturated heterocycles. The predicted octanol–water partition coefficient (Wildman–Crippen LogP) is 24.3. The molecular weight excluding hydrogens is 1010 g/mol. The molecule has 0 heterocycles. The van der Waals surface area contributed by atoms with E-state index < -0.39 is 12.1 Å². The first-order chi connectivity index (χ1) is 40.5. The zero-order valence-corrected chi connectivity index (χ0v) is 55.5. The largest absolute Gasteiger partial charge is 0.466 e. The second-order valence-corrected chi connectivity index (χ2v) is 25.6. The van der Waals surface area contributed by atoms with Crippen LogP contribution in [0.5, 0.6) is 0 Å². The molecule has 0 aliphatic rings. The summed E-state index contributed by atoms with van der Waals surface area (Å²) in [5, 5.41) is 23.3. The van der Waals surface area contributed by atoms with Crippen LogP contribution in [-0.4, -0.2) is 47.4 Å². The maximum Gasteiger partial charge on any atom is 0.305 e. The molecule has 0 aromatic heterocycles. The number of carbonyl (C=O) groups is 2. The Morgan fingerprint density at radius 2 is 0.610 bits per heavy atom. The van der Waals surface area contributed by atoms with Crippen LogP contribution >= 0.6 is 0 Å². The van der Waals surface area contributed by atoms with E-state index in [0.717, 1.165) is 51.4 Å². The van der Waals surface area contributed by atoms with E-state index in [1.165, 1.54) is 334 Å². The van der Waals surface area contributed by atoms with Gasteiger partial charge in [-0.15, -0.1) is 0 Å². The van der Waals surface area contributed by atoms with E-state index in [9.17, 15) is 19.8 Å². The number of esters is 1. The normalized spacial score (nSPS) is 12.7. The number of unbranched alkanes of at least 4 members (excludes halogenated alkanes) is 55. The molecule has 0 aliphatic heterocycles. The van der Waals surface area contributed by atoms with Crippen LogP contribution in [0.25, 0.3) is 0 Å². The molecule has 3 N–H and O–H groups in total. The fourth-order valence-corrected chi connectivity index (χ4v) is 11.7. The van der Waals surface area contributed by atoms with Crippen molar-refractivity contribution in [2.75, 3.05) is 13.2 Å². The molecular formula is C76H145NO5. The van der Waals surface area contributed by atoms with E-state index in [2.05, 4.69) is 43.5 Å². The molecule has 0 saturated carbocycles. The Morgan fingerprint density at radius 3 is 0.951 bits per heavy atom. The number of aliphatic hydroxyl groups excluding tert-OH is 2. The van der Waals surface area contributed by atoms with Crippen molar-refractivity contribution in [1.29, 1.82) is 0 Å². The lowest BCUT2D eigenvalue weighted by Gasteiger charge is -2.20. The lowest BCUT2D eigenvalue weighted by Crippen LogP contribution is -2.45. The van der Waals surface area contributed by atoms with Gasteiger partial charge in [0, 0.05) is 12.8 Å². The minimum Gasteiger partial charge on any atom is -0.466 e. The highest BCUT2D eigenvalue weighted by Crippen LogP contribution is 2.19. The first-order valence-electron chi connectivity index (χ1n) is 37.3. The van der Waals surface area contributed by atoms with Crippen LogP contribution < -0.4 is 5.32 Å². The third kappa shape index (κ3) is 67.2. The number of allylic oxidation sites excluding steroid dienone is 5. The van der Waals surface area contributed by atoms with Gasteiger partial charge in [0.05, 0.1) is 25.4 Å². The second-order valence-electron chi connectivity index (χ2n) is 25.6. The molecule has 0 radical (unpaired) electrons. The van der Waals surface area contributed by atoms with Crippen LogP contribution in [0.1, 0.15) is 412 Å². The van der Waals surface area contributed by atoms with Gasteiger partial charge in [-0.25, -0.2) is 0 Å². The summed E-state index contributed by atoms with van der Waals surface area (Å²) in [4.78, 5) is 24.6. The highest BCUT2D eigenvalue weighted by molar-refractivity contribution is 5.76. The third-order valence-electron chi connectivity index (χ3n) is 17.4. The van der Waals surface area contributed by atoms with E-state index >= 15 is 0 Å². The Morgan fingerprint density at radius 1 is 0.341 bits per heavy atom. The van der Waals surface area contributed by atoms with E-state index in [1.54, 1.807) is 6.08 Å². The Labute approximate surface area is 513 Å². The van der Waals surface area contributed by atoms with Crippen LogP contribution in [0.3, 0.4) is 0 Å². The number of rotatable bonds is 70. The van der Waals surface area contributed by atoms with E-state index in [-0.39, 0.29) is 18.5 Å². The second kappa shape index (κ2) is 71.6. The van der Waals surface area contributed by atoms with Gasteiger partial charge < -0.3 is 20.3 Å². The summed E-state index contributed by atoms with van der Waals surface area (Å²) in [7, 11) is 0. The maximum absolute atomic E-state index is 12.5. The summed E-state index contributed by atoms with van der Waals surface area (Å²) in [6.45, 7) is 4.91. The Balaban J connectivity index is 3.39. The maximum atomic E-state index is 12.5. The topological polar surface area (TPSA) is 95.9 Å². The number of carbonyl (C=O) groups excluding carboxylic acids is 2. The highest BCUT2D eigenvalue weighted by Gasteiger charge is 2.18. The molecule has 0 spiro atoms. The summed E-state index contributed by atoms with van der Waals surface area (Å²) in [6, 6.07) is -0.628. The van der Waals surface area contributed by atoms with Crippen LogP contribution in [0.15, 0.2) is 36.5 Å². The number of hydrogen-bond donors (Lipinski definition) is 3. The summed E-state index contributed by atoms with van der Waals surface area (Å²) in [5.74, 6) is -0.0579. The van der Waals surface area contributed by atoms with Crippen LogP contribution in [0.4, 0.5) is 0 Å². The Bertz CT molecular complexity index is 1330. The van der Waals surface area contributed by atoms with Crippen molar-refractivity contribution in [2.24, 2.45) is 0 Å². The van der Waals surface area contributed by atoms with E-state index in [4.69, 9.17) is 4.74 Å². The quantitative estimate of drug-likeness (QED) is 0.0320. The predicted molar refractivity (Wildman–Crippen MR) is 361 cm³/mol. The molecule has 0 aromatic carbocycles. The van der Waals surface area contributed by atoms with Crippen LogP contribution in [0.2, 0.25) is 0 Å². The van der Waals surface area contributed by atoms with Gasteiger partial charge in [0.15, 0.2) is 0 Å².